The molecule has 3 rings (SSSR count). The Morgan fingerprint density at radius 2 is 1.65 bits per heavy atom. The largest absolute Gasteiger partial charge is 0.399 e. The van der Waals surface area contributed by atoms with Gasteiger partial charge in [0.2, 0.25) is 0 Å². The minimum absolute atomic E-state index is 0.733. The van der Waals surface area contributed by atoms with Gasteiger partial charge >= 0.3 is 0 Å². The Hall–Kier alpha value is -1.80. The van der Waals surface area contributed by atoms with Crippen molar-refractivity contribution in [1.82, 2.24) is 0 Å². The Morgan fingerprint density at radius 3 is 2.47 bits per heavy atom. The molecule has 2 nitrogen and oxygen atoms in total. The minimum atomic E-state index is 0.733. The molecule has 0 fully saturated rings. The molecule has 0 aromatic heterocycles. The summed E-state index contributed by atoms with van der Waals surface area (Å²) in [5.74, 6) is 0. The molecule has 0 aliphatic carbocycles. The molecule has 2 heteroatoms. The molecule has 86 valence electrons. The summed E-state index contributed by atoms with van der Waals surface area (Å²) in [7, 11) is 0. The van der Waals surface area contributed by atoms with Crippen molar-refractivity contribution < 1.29 is 4.74 Å². The lowest BCUT2D eigenvalue weighted by Gasteiger charge is -2.07. The maximum atomic E-state index is 5.84. The third-order valence-electron chi connectivity index (χ3n) is 3.32. The first-order valence-electron chi connectivity index (χ1n) is 5.80. The van der Waals surface area contributed by atoms with Crippen LogP contribution in [0, 0.1) is 6.92 Å². The normalized spacial score (nSPS) is 13.7. The van der Waals surface area contributed by atoms with E-state index in [9.17, 15) is 0 Å². The number of hydrogen-bond donors (Lipinski definition) is 1. The third-order valence-corrected chi connectivity index (χ3v) is 3.32. The van der Waals surface area contributed by atoms with E-state index in [0.717, 1.165) is 24.5 Å². The molecule has 1 aliphatic heterocycles. The van der Waals surface area contributed by atoms with Gasteiger partial charge in [-0.2, -0.15) is 0 Å². The third kappa shape index (κ3) is 1.81. The van der Waals surface area contributed by atoms with Gasteiger partial charge in [0.1, 0.15) is 0 Å². The van der Waals surface area contributed by atoms with E-state index in [-0.39, 0.29) is 0 Å². The number of aryl methyl sites for hydroxylation is 1. The number of benzene rings is 2. The van der Waals surface area contributed by atoms with E-state index >= 15 is 0 Å². The summed E-state index contributed by atoms with van der Waals surface area (Å²) in [4.78, 5) is 0. The van der Waals surface area contributed by atoms with Gasteiger partial charge in [-0.1, -0.05) is 18.2 Å². The highest BCUT2D eigenvalue weighted by Crippen LogP contribution is 2.28. The molecule has 0 amide bonds. The Kier molecular flexibility index (Phi) is 2.37. The molecule has 0 saturated carbocycles. The molecule has 17 heavy (non-hydrogen) atoms. The molecule has 2 aromatic rings. The first-order chi connectivity index (χ1) is 8.24. The fraction of sp³-hybridized carbons (Fsp3) is 0.200. The monoisotopic (exact) mass is 225 g/mol. The van der Waals surface area contributed by atoms with E-state index < -0.39 is 0 Å². The topological polar surface area (TPSA) is 35.2 Å². The molecule has 1 aliphatic rings. The minimum Gasteiger partial charge on any atom is -0.399 e. The zero-order chi connectivity index (χ0) is 11.8. The second-order valence-corrected chi connectivity index (χ2v) is 4.55. The van der Waals surface area contributed by atoms with Gasteiger partial charge in [-0.15, -0.1) is 0 Å². The summed E-state index contributed by atoms with van der Waals surface area (Å²) in [5, 5.41) is 0. The Labute approximate surface area is 101 Å². The molecule has 2 aromatic carbocycles. The Bertz CT molecular complexity index is 575. The molecule has 2 N–H and O–H groups in total. The van der Waals surface area contributed by atoms with Crippen molar-refractivity contribution in [3.8, 4) is 11.1 Å². The smallest absolute Gasteiger partial charge is 0.0725 e. The van der Waals surface area contributed by atoms with Gasteiger partial charge in [0.05, 0.1) is 13.2 Å². The van der Waals surface area contributed by atoms with Crippen molar-refractivity contribution >= 4 is 5.69 Å². The number of hydrogen-bond acceptors (Lipinski definition) is 2. The first kappa shape index (κ1) is 10.4. The van der Waals surface area contributed by atoms with Crippen LogP contribution in [0.1, 0.15) is 16.7 Å². The fourth-order valence-electron chi connectivity index (χ4n) is 2.21. The van der Waals surface area contributed by atoms with Gasteiger partial charge < -0.3 is 10.5 Å². The first-order valence-corrected chi connectivity index (χ1v) is 5.80. The van der Waals surface area contributed by atoms with Crippen molar-refractivity contribution in [1.29, 1.82) is 0 Å². The molecule has 0 saturated heterocycles. The van der Waals surface area contributed by atoms with Crippen LogP contribution in [-0.4, -0.2) is 0 Å². The highest BCUT2D eigenvalue weighted by molar-refractivity contribution is 5.68. The molecule has 0 radical (unpaired) electrons. The molecule has 1 heterocycles. The maximum Gasteiger partial charge on any atom is 0.0725 e. The maximum absolute atomic E-state index is 5.84. The van der Waals surface area contributed by atoms with Crippen LogP contribution >= 0.6 is 0 Å². The summed E-state index contributed by atoms with van der Waals surface area (Å²) in [5.41, 5.74) is 12.9. The van der Waals surface area contributed by atoms with Crippen molar-refractivity contribution in [3.63, 3.8) is 0 Å². The molecule has 0 spiro atoms. The van der Waals surface area contributed by atoms with Crippen LogP contribution < -0.4 is 5.73 Å². The summed E-state index contributed by atoms with van der Waals surface area (Å²) < 4.78 is 5.43. The van der Waals surface area contributed by atoms with Crippen molar-refractivity contribution in [2.45, 2.75) is 20.1 Å². The van der Waals surface area contributed by atoms with Crippen LogP contribution in [0.15, 0.2) is 36.4 Å². The zero-order valence-corrected chi connectivity index (χ0v) is 9.86. The molecule has 0 bridgehead atoms. The quantitative estimate of drug-likeness (QED) is 0.756. The highest BCUT2D eigenvalue weighted by Gasteiger charge is 2.11. The number of nitrogens with two attached hydrogens (primary N) is 1. The lowest BCUT2D eigenvalue weighted by atomic mass is 9.99. The van der Waals surface area contributed by atoms with E-state index in [1.165, 1.54) is 22.3 Å². The van der Waals surface area contributed by atoms with Gasteiger partial charge in [0, 0.05) is 5.69 Å². The van der Waals surface area contributed by atoms with E-state index in [2.05, 4.69) is 30.3 Å². The van der Waals surface area contributed by atoms with E-state index in [1.807, 2.05) is 13.0 Å². The second kappa shape index (κ2) is 3.90. The van der Waals surface area contributed by atoms with Gasteiger partial charge in [-0.3, -0.25) is 0 Å². The van der Waals surface area contributed by atoms with Crippen LogP contribution in [0.4, 0.5) is 5.69 Å². The predicted octanol–water partition coefficient (Wildman–Crippen LogP) is 3.27. The lowest BCUT2D eigenvalue weighted by molar-refractivity contribution is 0.134. The molecular weight excluding hydrogens is 210 g/mol. The van der Waals surface area contributed by atoms with Crippen molar-refractivity contribution in [2.24, 2.45) is 0 Å². The SMILES string of the molecule is Cc1cc(-c2ccc3c(c2)COC3)ccc1N. The summed E-state index contributed by atoms with van der Waals surface area (Å²) in [6, 6.07) is 12.7. The molecule has 0 unspecified atom stereocenters. The van der Waals surface area contributed by atoms with E-state index in [4.69, 9.17) is 10.5 Å². The van der Waals surface area contributed by atoms with Gasteiger partial charge in [-0.25, -0.2) is 0 Å². The average molecular weight is 225 g/mol. The van der Waals surface area contributed by atoms with E-state index in [0.29, 0.717) is 0 Å². The number of anilines is 1. The fourth-order valence-corrected chi connectivity index (χ4v) is 2.21. The molecular formula is C15H15NO. The summed E-state index contributed by atoms with van der Waals surface area (Å²) >= 11 is 0. The summed E-state index contributed by atoms with van der Waals surface area (Å²) in [6.07, 6.45) is 0. The van der Waals surface area contributed by atoms with Gasteiger partial charge in [-0.05, 0) is 52.9 Å². The second-order valence-electron chi connectivity index (χ2n) is 4.55. The van der Waals surface area contributed by atoms with Crippen molar-refractivity contribution in [3.05, 3.63) is 53.1 Å². The lowest BCUT2D eigenvalue weighted by Crippen LogP contribution is -1.90. The Morgan fingerprint density at radius 1 is 0.941 bits per heavy atom. The molecule has 0 atom stereocenters. The number of fused-ring (bicyclic) bond motifs is 1. The standard InChI is InChI=1S/C15H15NO/c1-10-6-11(4-5-15(10)16)12-2-3-13-8-17-9-14(13)7-12/h2-7H,8-9,16H2,1H3. The number of ether oxygens (including phenoxy) is 1. The van der Waals surface area contributed by atoms with Crippen LogP contribution in [0.2, 0.25) is 0 Å². The Balaban J connectivity index is 2.06. The van der Waals surface area contributed by atoms with Crippen LogP contribution in [-0.2, 0) is 18.0 Å². The number of rotatable bonds is 1. The zero-order valence-electron chi connectivity index (χ0n) is 9.86. The average Bonchev–Trinajstić information content (AvgIpc) is 2.79. The van der Waals surface area contributed by atoms with Crippen LogP contribution in [0.25, 0.3) is 11.1 Å². The highest BCUT2D eigenvalue weighted by atomic mass is 16.5. The van der Waals surface area contributed by atoms with Crippen molar-refractivity contribution in [2.75, 3.05) is 5.73 Å². The summed E-state index contributed by atoms with van der Waals surface area (Å²) in [6.45, 7) is 3.52. The predicted molar refractivity (Wildman–Crippen MR) is 69.5 cm³/mol. The number of nitrogen functional groups attached to an aromatic ring is 1. The van der Waals surface area contributed by atoms with E-state index in [1.54, 1.807) is 0 Å². The van der Waals surface area contributed by atoms with Crippen LogP contribution in [0.5, 0.6) is 0 Å². The van der Waals surface area contributed by atoms with Crippen LogP contribution in [0.3, 0.4) is 0 Å². The van der Waals surface area contributed by atoms with Gasteiger partial charge in [0.15, 0.2) is 0 Å². The van der Waals surface area contributed by atoms with Gasteiger partial charge in [0.25, 0.3) is 0 Å².